The van der Waals surface area contributed by atoms with Crippen molar-refractivity contribution in [2.24, 2.45) is 0 Å². The molecule has 1 aliphatic rings. The van der Waals surface area contributed by atoms with E-state index in [4.69, 9.17) is 4.42 Å². The fraction of sp³-hybridized carbons (Fsp3) is 0.0465. The highest BCUT2D eigenvalue weighted by Gasteiger charge is 2.29. The lowest BCUT2D eigenvalue weighted by Crippen LogP contribution is -2.07. The van der Waals surface area contributed by atoms with Crippen LogP contribution in [-0.2, 0) is 12.8 Å². The summed E-state index contributed by atoms with van der Waals surface area (Å²) >= 11 is 0. The molecule has 47 heavy (non-hydrogen) atoms. The van der Waals surface area contributed by atoms with Gasteiger partial charge in [0.25, 0.3) is 0 Å². The van der Waals surface area contributed by atoms with Crippen LogP contribution in [0.25, 0.3) is 77.3 Å². The molecule has 6 aromatic carbocycles. The first-order chi connectivity index (χ1) is 23.3. The van der Waals surface area contributed by atoms with Gasteiger partial charge < -0.3 is 13.6 Å². The van der Waals surface area contributed by atoms with Crippen molar-refractivity contribution >= 4 is 43.7 Å². The first-order valence-electron chi connectivity index (χ1n) is 16.0. The Labute approximate surface area is 271 Å². The van der Waals surface area contributed by atoms with E-state index < -0.39 is 0 Å². The van der Waals surface area contributed by atoms with Crippen LogP contribution in [0.1, 0.15) is 17.0 Å². The monoisotopic (exact) mass is 601 g/mol. The Balaban J connectivity index is 1.14. The van der Waals surface area contributed by atoms with Gasteiger partial charge in [0, 0.05) is 56.2 Å². The number of benzene rings is 6. The second-order valence-electron chi connectivity index (χ2n) is 12.4. The van der Waals surface area contributed by atoms with Crippen molar-refractivity contribution in [2.45, 2.75) is 12.8 Å². The molecule has 0 bridgehead atoms. The van der Waals surface area contributed by atoms with E-state index in [-0.39, 0.29) is 0 Å². The van der Waals surface area contributed by atoms with Crippen molar-refractivity contribution in [2.75, 3.05) is 0 Å². The van der Waals surface area contributed by atoms with Crippen LogP contribution in [0.4, 0.5) is 0 Å². The fourth-order valence-corrected chi connectivity index (χ4v) is 7.86. The molecular weight excluding hydrogens is 574 g/mol. The molecule has 0 fully saturated rings. The van der Waals surface area contributed by atoms with Crippen LogP contribution in [0.5, 0.6) is 0 Å². The summed E-state index contributed by atoms with van der Waals surface area (Å²) in [5.74, 6) is 1.05. The molecule has 0 saturated heterocycles. The average Bonchev–Trinajstić information content (AvgIpc) is 3.79. The Morgan fingerprint density at radius 2 is 1.13 bits per heavy atom. The molecule has 0 unspecified atom stereocenters. The molecule has 0 aliphatic heterocycles. The molecule has 0 saturated carbocycles. The van der Waals surface area contributed by atoms with Crippen LogP contribution >= 0.6 is 0 Å². The summed E-state index contributed by atoms with van der Waals surface area (Å²) in [4.78, 5) is 0. The van der Waals surface area contributed by atoms with Crippen molar-refractivity contribution < 1.29 is 4.42 Å². The number of hydrogen-bond donors (Lipinski definition) is 0. The molecule has 3 heterocycles. The summed E-state index contributed by atoms with van der Waals surface area (Å²) in [6.07, 6.45) is 1.69. The third kappa shape index (κ3) is 3.75. The first-order valence-corrected chi connectivity index (χ1v) is 16.0. The van der Waals surface area contributed by atoms with Crippen LogP contribution in [0, 0.1) is 11.3 Å². The summed E-state index contributed by atoms with van der Waals surface area (Å²) in [6, 6.07) is 51.5. The average molecular weight is 602 g/mol. The van der Waals surface area contributed by atoms with Gasteiger partial charge in [-0.15, -0.1) is 0 Å². The summed E-state index contributed by atoms with van der Waals surface area (Å²) in [7, 11) is 0. The topological polar surface area (TPSA) is 46.8 Å². The second-order valence-corrected chi connectivity index (χ2v) is 12.4. The van der Waals surface area contributed by atoms with E-state index in [0.717, 1.165) is 57.6 Å². The number of para-hydroxylation sites is 4. The first kappa shape index (κ1) is 26.0. The highest BCUT2D eigenvalue weighted by atomic mass is 16.3. The van der Waals surface area contributed by atoms with E-state index >= 15 is 0 Å². The molecule has 0 atom stereocenters. The molecule has 0 N–H and O–H groups in total. The van der Waals surface area contributed by atoms with Gasteiger partial charge in [0.2, 0.25) is 0 Å². The Morgan fingerprint density at radius 1 is 0.511 bits per heavy atom. The lowest BCUT2D eigenvalue weighted by Gasteiger charge is -2.17. The molecule has 0 amide bonds. The zero-order chi connectivity index (χ0) is 31.1. The zero-order valence-corrected chi connectivity index (χ0v) is 25.4. The molecule has 3 aromatic heterocycles. The van der Waals surface area contributed by atoms with E-state index in [1.807, 2.05) is 18.2 Å². The van der Waals surface area contributed by atoms with Gasteiger partial charge >= 0.3 is 0 Å². The number of hydrogen-bond acceptors (Lipinski definition) is 2. The van der Waals surface area contributed by atoms with E-state index in [0.29, 0.717) is 5.56 Å². The molecule has 9 aromatic rings. The predicted octanol–water partition coefficient (Wildman–Crippen LogP) is 10.8. The summed E-state index contributed by atoms with van der Waals surface area (Å²) in [5, 5.41) is 15.0. The molecule has 220 valence electrons. The SMILES string of the molecule is N#Cc1cc(-c2ccc(-n3c4ccccc4c4ccccc43)cc2)cc(-n2c3c(c4ccccc42)-c2c(oc4ccccc24)CC3)c1. The predicted molar refractivity (Wildman–Crippen MR) is 190 cm³/mol. The summed E-state index contributed by atoms with van der Waals surface area (Å²) in [5.41, 5.74) is 13.0. The molecular formula is C43H27N3O. The van der Waals surface area contributed by atoms with Gasteiger partial charge in [-0.2, -0.15) is 5.26 Å². The van der Waals surface area contributed by atoms with Gasteiger partial charge in [0.15, 0.2) is 0 Å². The number of fused-ring (bicyclic) bond motifs is 10. The van der Waals surface area contributed by atoms with Crippen molar-refractivity contribution in [1.29, 1.82) is 5.26 Å². The van der Waals surface area contributed by atoms with E-state index in [9.17, 15) is 5.26 Å². The summed E-state index contributed by atoms with van der Waals surface area (Å²) in [6.45, 7) is 0. The second kappa shape index (κ2) is 9.84. The standard InChI is InChI=1S/C43H27N3O/c44-26-27-23-29(28-17-19-30(20-18-28)45-36-13-5-1-9-32(36)33-10-2-6-14-37(33)45)25-31(24-27)46-38-15-7-3-11-34(38)42-39(46)21-22-41-43(42)35-12-4-8-16-40(35)47-41/h1-20,23-25H,21-22H2. The Kier molecular flexibility index (Phi) is 5.44. The van der Waals surface area contributed by atoms with Crippen LogP contribution in [0.3, 0.4) is 0 Å². The van der Waals surface area contributed by atoms with Crippen molar-refractivity contribution in [3.63, 3.8) is 0 Å². The fourth-order valence-electron chi connectivity index (χ4n) is 7.86. The molecule has 10 rings (SSSR count). The van der Waals surface area contributed by atoms with Gasteiger partial charge in [-0.05, 0) is 72.1 Å². The minimum Gasteiger partial charge on any atom is -0.460 e. The van der Waals surface area contributed by atoms with Crippen molar-refractivity contribution in [3.8, 4) is 39.7 Å². The number of furan rings is 1. The normalized spacial score (nSPS) is 12.5. The highest BCUT2D eigenvalue weighted by molar-refractivity contribution is 6.10. The largest absolute Gasteiger partial charge is 0.460 e. The van der Waals surface area contributed by atoms with Gasteiger partial charge in [-0.1, -0.05) is 84.9 Å². The van der Waals surface area contributed by atoms with Crippen molar-refractivity contribution in [1.82, 2.24) is 9.13 Å². The van der Waals surface area contributed by atoms with E-state index in [2.05, 4.69) is 137 Å². The molecule has 0 spiro atoms. The Bertz CT molecular complexity index is 2690. The van der Waals surface area contributed by atoms with E-state index in [1.165, 1.54) is 44.0 Å². The van der Waals surface area contributed by atoms with Crippen LogP contribution in [-0.4, -0.2) is 9.13 Å². The Hall–Kier alpha value is -6.31. The molecule has 4 heteroatoms. The van der Waals surface area contributed by atoms with Crippen molar-refractivity contribution in [3.05, 3.63) is 157 Å². The summed E-state index contributed by atoms with van der Waals surface area (Å²) < 4.78 is 11.1. The lowest BCUT2D eigenvalue weighted by molar-refractivity contribution is 0.543. The number of rotatable bonds is 3. The van der Waals surface area contributed by atoms with Crippen LogP contribution < -0.4 is 0 Å². The van der Waals surface area contributed by atoms with Gasteiger partial charge in [-0.3, -0.25) is 0 Å². The highest BCUT2D eigenvalue weighted by Crippen LogP contribution is 2.47. The van der Waals surface area contributed by atoms with Gasteiger partial charge in [-0.25, -0.2) is 0 Å². The number of nitrogens with zero attached hydrogens (tertiary/aromatic N) is 3. The van der Waals surface area contributed by atoms with Crippen LogP contribution in [0.2, 0.25) is 0 Å². The minimum absolute atomic E-state index is 0.640. The third-order valence-electron chi connectivity index (χ3n) is 9.82. The van der Waals surface area contributed by atoms with Gasteiger partial charge in [0.1, 0.15) is 11.3 Å². The zero-order valence-electron chi connectivity index (χ0n) is 25.4. The van der Waals surface area contributed by atoms with Crippen LogP contribution in [0.15, 0.2) is 144 Å². The number of nitriles is 1. The number of aryl methyl sites for hydroxylation is 1. The smallest absolute Gasteiger partial charge is 0.134 e. The maximum absolute atomic E-state index is 10.2. The maximum atomic E-state index is 10.2. The molecule has 1 aliphatic carbocycles. The Morgan fingerprint density at radius 3 is 1.83 bits per heavy atom. The number of aromatic nitrogens is 2. The molecule has 0 radical (unpaired) electrons. The van der Waals surface area contributed by atoms with Gasteiger partial charge in [0.05, 0.1) is 28.2 Å². The quantitative estimate of drug-likeness (QED) is 0.202. The lowest BCUT2D eigenvalue weighted by atomic mass is 9.91. The third-order valence-corrected chi connectivity index (χ3v) is 9.82. The molecule has 4 nitrogen and oxygen atoms in total. The van der Waals surface area contributed by atoms with E-state index in [1.54, 1.807) is 0 Å². The maximum Gasteiger partial charge on any atom is 0.134 e. The minimum atomic E-state index is 0.640.